The van der Waals surface area contributed by atoms with Crippen LogP contribution in [-0.4, -0.2) is 14.7 Å². The number of rotatable bonds is 3. The van der Waals surface area contributed by atoms with Crippen molar-refractivity contribution in [2.24, 2.45) is 5.92 Å². The van der Waals surface area contributed by atoms with Gasteiger partial charge >= 0.3 is 0 Å². The maximum Gasteiger partial charge on any atom is 0.181 e. The molecule has 2 nitrogen and oxygen atoms in total. The molecule has 0 N–H and O–H groups in total. The van der Waals surface area contributed by atoms with E-state index in [1.807, 2.05) is 6.08 Å². The van der Waals surface area contributed by atoms with Crippen LogP contribution >= 0.6 is 0 Å². The molecule has 0 saturated heterocycles. The molecule has 0 amide bonds. The van der Waals surface area contributed by atoms with Crippen molar-refractivity contribution >= 4 is 15.4 Å². The van der Waals surface area contributed by atoms with Gasteiger partial charge in [-0.05, 0) is 54.0 Å². The number of halogens is 2. The van der Waals surface area contributed by atoms with E-state index in [9.17, 15) is 17.2 Å². The van der Waals surface area contributed by atoms with Gasteiger partial charge in [-0.25, -0.2) is 17.2 Å². The van der Waals surface area contributed by atoms with Crippen molar-refractivity contribution in [1.29, 1.82) is 0 Å². The summed E-state index contributed by atoms with van der Waals surface area (Å²) in [4.78, 5) is -0.844. The highest BCUT2D eigenvalue weighted by Crippen LogP contribution is 2.41. The molecule has 0 heterocycles. The van der Waals surface area contributed by atoms with Crippen molar-refractivity contribution in [3.63, 3.8) is 0 Å². The molecule has 23 heavy (non-hydrogen) atoms. The van der Waals surface area contributed by atoms with Gasteiger partial charge in [-0.1, -0.05) is 31.4 Å². The van der Waals surface area contributed by atoms with Gasteiger partial charge in [0.25, 0.3) is 0 Å². The average molecular weight is 338 g/mol. The van der Waals surface area contributed by atoms with Gasteiger partial charge in [0.05, 0.1) is 0 Å². The smallest absolute Gasteiger partial charge is 0.181 e. The summed E-state index contributed by atoms with van der Waals surface area (Å²) in [6.45, 7) is 0. The number of hydrogen-bond acceptors (Lipinski definition) is 2. The van der Waals surface area contributed by atoms with Crippen LogP contribution in [0.2, 0.25) is 0 Å². The fourth-order valence-corrected chi connectivity index (χ4v) is 4.51. The molecule has 1 saturated carbocycles. The highest BCUT2D eigenvalue weighted by atomic mass is 32.2. The lowest BCUT2D eigenvalue weighted by molar-refractivity contribution is 0.410. The summed E-state index contributed by atoms with van der Waals surface area (Å²) >= 11 is 0. The zero-order valence-electron chi connectivity index (χ0n) is 13.1. The lowest BCUT2D eigenvalue weighted by Crippen LogP contribution is -2.10. The number of allylic oxidation sites excluding steroid dienone is 4. The summed E-state index contributed by atoms with van der Waals surface area (Å²) in [6, 6.07) is 2.29. The van der Waals surface area contributed by atoms with Crippen molar-refractivity contribution in [3.05, 3.63) is 47.1 Å². The Hall–Kier alpha value is -1.49. The van der Waals surface area contributed by atoms with Crippen LogP contribution in [0.3, 0.4) is 0 Å². The Morgan fingerprint density at radius 1 is 1.00 bits per heavy atom. The Labute approximate surface area is 135 Å². The van der Waals surface area contributed by atoms with Crippen LogP contribution in [0.25, 0.3) is 5.57 Å². The van der Waals surface area contributed by atoms with Gasteiger partial charge < -0.3 is 0 Å². The SMILES string of the molecule is CS(=O)(=O)c1c(F)cc(C2=CCC=C2C2CCCCC2)cc1F. The molecule has 0 atom stereocenters. The van der Waals surface area contributed by atoms with E-state index in [2.05, 4.69) is 6.08 Å². The lowest BCUT2D eigenvalue weighted by atomic mass is 9.80. The van der Waals surface area contributed by atoms with E-state index in [-0.39, 0.29) is 0 Å². The van der Waals surface area contributed by atoms with Gasteiger partial charge in [-0.2, -0.15) is 0 Å². The van der Waals surface area contributed by atoms with Crippen LogP contribution in [0.4, 0.5) is 8.78 Å². The zero-order valence-corrected chi connectivity index (χ0v) is 13.9. The first-order valence-electron chi connectivity index (χ1n) is 7.98. The maximum atomic E-state index is 14.2. The van der Waals surface area contributed by atoms with Gasteiger partial charge in [0.15, 0.2) is 9.84 Å². The molecule has 0 bridgehead atoms. The predicted octanol–water partition coefficient (Wildman–Crippen LogP) is 4.66. The van der Waals surface area contributed by atoms with Gasteiger partial charge in [-0.15, -0.1) is 0 Å². The first kappa shape index (κ1) is 16.4. The molecule has 2 aliphatic rings. The van der Waals surface area contributed by atoms with Crippen molar-refractivity contribution in [1.82, 2.24) is 0 Å². The molecule has 3 rings (SSSR count). The molecule has 124 valence electrons. The van der Waals surface area contributed by atoms with Crippen LogP contribution in [0.15, 0.2) is 34.8 Å². The number of hydrogen-bond donors (Lipinski definition) is 0. The molecule has 0 aromatic heterocycles. The standard InChI is InChI=1S/C18H20F2O2S/c1-23(21,22)18-16(19)10-13(11-17(18)20)15-9-5-8-14(15)12-6-3-2-4-7-12/h8-12H,2-7H2,1H3. The monoisotopic (exact) mass is 338 g/mol. The summed E-state index contributed by atoms with van der Waals surface area (Å²) in [5.41, 5.74) is 2.45. The van der Waals surface area contributed by atoms with Crippen molar-refractivity contribution < 1.29 is 17.2 Å². The summed E-state index contributed by atoms with van der Waals surface area (Å²) in [5.74, 6) is -1.59. The van der Waals surface area contributed by atoms with E-state index in [4.69, 9.17) is 0 Å². The zero-order chi connectivity index (χ0) is 16.6. The first-order chi connectivity index (χ1) is 10.9. The predicted molar refractivity (Wildman–Crippen MR) is 86.7 cm³/mol. The number of benzene rings is 1. The van der Waals surface area contributed by atoms with Gasteiger partial charge in [0.1, 0.15) is 16.5 Å². The molecule has 1 fully saturated rings. The molecule has 0 aliphatic heterocycles. The summed E-state index contributed by atoms with van der Waals surface area (Å²) in [5, 5.41) is 0. The minimum atomic E-state index is -3.92. The van der Waals surface area contributed by atoms with E-state index in [1.54, 1.807) is 0 Å². The maximum absolute atomic E-state index is 14.2. The molecule has 0 radical (unpaired) electrons. The molecular formula is C18H20F2O2S. The molecule has 0 unspecified atom stereocenters. The average Bonchev–Trinajstić information content (AvgIpc) is 2.95. The molecular weight excluding hydrogens is 318 g/mol. The minimum Gasteiger partial charge on any atom is -0.224 e. The van der Waals surface area contributed by atoms with Crippen molar-refractivity contribution in [2.45, 2.75) is 43.4 Å². The second kappa shape index (κ2) is 6.19. The molecule has 1 aromatic rings. The Bertz CT molecular complexity index is 762. The molecule has 1 aromatic carbocycles. The van der Waals surface area contributed by atoms with Crippen LogP contribution in [-0.2, 0) is 9.84 Å². The van der Waals surface area contributed by atoms with Crippen LogP contribution in [0, 0.1) is 17.6 Å². The van der Waals surface area contributed by atoms with E-state index in [1.165, 1.54) is 19.3 Å². The van der Waals surface area contributed by atoms with Crippen LogP contribution < -0.4 is 0 Å². The van der Waals surface area contributed by atoms with E-state index in [0.717, 1.165) is 48.8 Å². The van der Waals surface area contributed by atoms with Crippen molar-refractivity contribution in [3.8, 4) is 0 Å². The van der Waals surface area contributed by atoms with Crippen LogP contribution in [0.5, 0.6) is 0 Å². The fraction of sp³-hybridized carbons (Fsp3) is 0.444. The lowest BCUT2D eigenvalue weighted by Gasteiger charge is -2.25. The Kier molecular flexibility index (Phi) is 4.41. The van der Waals surface area contributed by atoms with Gasteiger partial charge in [0, 0.05) is 6.26 Å². The summed E-state index contributed by atoms with van der Waals surface area (Å²) < 4.78 is 51.4. The third-order valence-corrected chi connectivity index (χ3v) is 5.83. The summed E-state index contributed by atoms with van der Waals surface area (Å²) in [6.07, 6.45) is 11.5. The Morgan fingerprint density at radius 2 is 1.61 bits per heavy atom. The molecule has 2 aliphatic carbocycles. The topological polar surface area (TPSA) is 34.1 Å². The normalized spacial score (nSPS) is 19.6. The van der Waals surface area contributed by atoms with Crippen molar-refractivity contribution in [2.75, 3.05) is 6.26 Å². The highest BCUT2D eigenvalue weighted by molar-refractivity contribution is 7.90. The Balaban J connectivity index is 1.98. The minimum absolute atomic E-state index is 0.432. The van der Waals surface area contributed by atoms with E-state index < -0.39 is 26.4 Å². The van der Waals surface area contributed by atoms with Crippen LogP contribution in [0.1, 0.15) is 44.1 Å². The molecule has 0 spiro atoms. The largest absolute Gasteiger partial charge is 0.224 e. The molecule has 5 heteroatoms. The second-order valence-corrected chi connectivity index (χ2v) is 8.34. The van der Waals surface area contributed by atoms with E-state index in [0.29, 0.717) is 11.5 Å². The summed E-state index contributed by atoms with van der Waals surface area (Å²) in [7, 11) is -3.92. The highest BCUT2D eigenvalue weighted by Gasteiger charge is 2.26. The van der Waals surface area contributed by atoms with Gasteiger partial charge in [0.2, 0.25) is 0 Å². The third kappa shape index (κ3) is 3.25. The number of sulfone groups is 1. The van der Waals surface area contributed by atoms with Gasteiger partial charge in [-0.3, -0.25) is 0 Å². The first-order valence-corrected chi connectivity index (χ1v) is 9.87. The third-order valence-electron chi connectivity index (χ3n) is 4.70. The fourth-order valence-electron chi connectivity index (χ4n) is 3.69. The van der Waals surface area contributed by atoms with E-state index >= 15 is 0 Å². The second-order valence-electron chi connectivity index (χ2n) is 6.39. The Morgan fingerprint density at radius 3 is 2.17 bits per heavy atom. The quantitative estimate of drug-likeness (QED) is 0.803.